The molecule has 2 amide bonds. The van der Waals surface area contributed by atoms with Crippen LogP contribution in [0.5, 0.6) is 0 Å². The predicted octanol–water partition coefficient (Wildman–Crippen LogP) is 2.62. The number of likely N-dealkylation sites (tertiary alicyclic amines) is 1. The molecule has 1 aliphatic carbocycles. The van der Waals surface area contributed by atoms with Gasteiger partial charge in [-0.2, -0.15) is 5.10 Å². The van der Waals surface area contributed by atoms with Gasteiger partial charge < -0.3 is 15.0 Å². The zero-order valence-corrected chi connectivity index (χ0v) is 16.4. The molecule has 3 fully saturated rings. The molecule has 2 aliphatic heterocycles. The molecule has 5 rings (SSSR count). The highest BCUT2D eigenvalue weighted by atomic mass is 16.5. The average molecular weight is 394 g/mol. The van der Waals surface area contributed by atoms with Gasteiger partial charge in [0.1, 0.15) is 6.10 Å². The second-order valence-electron chi connectivity index (χ2n) is 8.43. The monoisotopic (exact) mass is 394 g/mol. The number of hydrogen-bond donors (Lipinski definition) is 1. The largest absolute Gasteiger partial charge is 0.368 e. The van der Waals surface area contributed by atoms with Crippen molar-refractivity contribution < 1.29 is 14.3 Å². The Kier molecular flexibility index (Phi) is 4.62. The highest BCUT2D eigenvalue weighted by molar-refractivity contribution is 5.95. The first-order valence-electron chi connectivity index (χ1n) is 10.5. The topological polar surface area (TPSA) is 76.5 Å². The highest BCUT2D eigenvalue weighted by Crippen LogP contribution is 2.59. The highest BCUT2D eigenvalue weighted by Gasteiger charge is 2.58. The summed E-state index contributed by atoms with van der Waals surface area (Å²) in [6, 6.07) is 9.59. The number of rotatable bonds is 4. The lowest BCUT2D eigenvalue weighted by molar-refractivity contribution is -0.142. The Labute approximate surface area is 170 Å². The van der Waals surface area contributed by atoms with Crippen molar-refractivity contribution in [2.45, 2.75) is 38.2 Å². The van der Waals surface area contributed by atoms with E-state index in [-0.39, 0.29) is 29.3 Å². The number of hydrogen-bond acceptors (Lipinski definition) is 4. The average Bonchev–Trinajstić information content (AvgIpc) is 3.19. The molecule has 1 spiro atoms. The summed E-state index contributed by atoms with van der Waals surface area (Å²) in [5, 5.41) is 7.27. The molecule has 2 aromatic rings. The van der Waals surface area contributed by atoms with Crippen LogP contribution in [-0.2, 0) is 14.3 Å². The minimum atomic E-state index is -0.243. The molecule has 3 aliphatic rings. The molecule has 0 radical (unpaired) electrons. The Hall–Kier alpha value is -2.67. The molecule has 1 aromatic carbocycles. The molecule has 2 atom stereocenters. The van der Waals surface area contributed by atoms with Crippen LogP contribution in [0.4, 0.5) is 5.69 Å². The van der Waals surface area contributed by atoms with Crippen LogP contribution in [0.3, 0.4) is 0 Å². The summed E-state index contributed by atoms with van der Waals surface area (Å²) in [5.41, 5.74) is 1.84. The normalized spacial score (nSPS) is 25.2. The number of benzene rings is 1. The van der Waals surface area contributed by atoms with Crippen LogP contribution in [0, 0.1) is 11.3 Å². The van der Waals surface area contributed by atoms with Crippen LogP contribution in [-0.4, -0.2) is 52.3 Å². The lowest BCUT2D eigenvalue weighted by Crippen LogP contribution is -2.44. The minimum absolute atomic E-state index is 0.0493. The van der Waals surface area contributed by atoms with Crippen molar-refractivity contribution in [3.05, 3.63) is 42.7 Å². The lowest BCUT2D eigenvalue weighted by Gasteiger charge is -2.34. The quantitative estimate of drug-likeness (QED) is 0.865. The molecule has 7 nitrogen and oxygen atoms in total. The SMILES string of the molecule is O=C(Nc1ccc(-n2cccn2)cc1)C1CC12CCN(C(=O)C1CCCO1)CC2. The third kappa shape index (κ3) is 3.55. The van der Waals surface area contributed by atoms with E-state index >= 15 is 0 Å². The summed E-state index contributed by atoms with van der Waals surface area (Å²) in [6.07, 6.45) is 7.92. The number of aromatic nitrogens is 2. The fourth-order valence-corrected chi connectivity index (χ4v) is 4.77. The maximum absolute atomic E-state index is 12.8. The smallest absolute Gasteiger partial charge is 0.251 e. The third-order valence-corrected chi connectivity index (χ3v) is 6.69. The van der Waals surface area contributed by atoms with E-state index in [0.29, 0.717) is 6.61 Å². The summed E-state index contributed by atoms with van der Waals surface area (Å²) >= 11 is 0. The zero-order valence-electron chi connectivity index (χ0n) is 16.4. The van der Waals surface area contributed by atoms with E-state index in [1.807, 2.05) is 41.4 Å². The van der Waals surface area contributed by atoms with Gasteiger partial charge in [-0.05, 0) is 67.9 Å². The van der Waals surface area contributed by atoms with Crippen LogP contribution in [0.15, 0.2) is 42.7 Å². The maximum Gasteiger partial charge on any atom is 0.251 e. The van der Waals surface area contributed by atoms with Crippen LogP contribution in [0.2, 0.25) is 0 Å². The molecule has 1 saturated carbocycles. The number of carbonyl (C=O) groups is 2. The first kappa shape index (κ1) is 18.4. The van der Waals surface area contributed by atoms with Gasteiger partial charge in [0, 0.05) is 43.7 Å². The van der Waals surface area contributed by atoms with Crippen molar-refractivity contribution in [2.24, 2.45) is 11.3 Å². The van der Waals surface area contributed by atoms with Crippen LogP contribution in [0.1, 0.15) is 32.1 Å². The van der Waals surface area contributed by atoms with Gasteiger partial charge in [0.05, 0.1) is 5.69 Å². The van der Waals surface area contributed by atoms with E-state index in [1.54, 1.807) is 10.9 Å². The van der Waals surface area contributed by atoms with Crippen LogP contribution >= 0.6 is 0 Å². The summed E-state index contributed by atoms with van der Waals surface area (Å²) in [5.74, 6) is 0.278. The third-order valence-electron chi connectivity index (χ3n) is 6.69. The number of nitrogens with one attached hydrogen (secondary N) is 1. The molecule has 2 unspecified atom stereocenters. The van der Waals surface area contributed by atoms with Crippen molar-refractivity contribution in [1.29, 1.82) is 0 Å². The van der Waals surface area contributed by atoms with Crippen molar-refractivity contribution in [3.8, 4) is 5.69 Å². The Bertz CT molecular complexity index is 879. The molecule has 1 aromatic heterocycles. The van der Waals surface area contributed by atoms with Gasteiger partial charge in [-0.25, -0.2) is 4.68 Å². The number of anilines is 1. The van der Waals surface area contributed by atoms with Crippen molar-refractivity contribution in [2.75, 3.05) is 25.0 Å². The van der Waals surface area contributed by atoms with Gasteiger partial charge in [-0.1, -0.05) is 0 Å². The molecule has 152 valence electrons. The molecular weight excluding hydrogens is 368 g/mol. The van der Waals surface area contributed by atoms with Gasteiger partial charge in [0.15, 0.2) is 0 Å². The number of nitrogens with zero attached hydrogens (tertiary/aromatic N) is 3. The van der Waals surface area contributed by atoms with Crippen molar-refractivity contribution in [3.63, 3.8) is 0 Å². The summed E-state index contributed by atoms with van der Waals surface area (Å²) < 4.78 is 7.32. The number of amides is 2. The fourth-order valence-electron chi connectivity index (χ4n) is 4.77. The van der Waals surface area contributed by atoms with E-state index in [9.17, 15) is 9.59 Å². The molecule has 0 bridgehead atoms. The summed E-state index contributed by atoms with van der Waals surface area (Å²) in [6.45, 7) is 2.17. The van der Waals surface area contributed by atoms with Crippen LogP contribution < -0.4 is 5.32 Å². The Morgan fingerprint density at radius 2 is 1.97 bits per heavy atom. The number of carbonyl (C=O) groups excluding carboxylic acids is 2. The van der Waals surface area contributed by atoms with E-state index in [1.165, 1.54) is 0 Å². The van der Waals surface area contributed by atoms with Crippen molar-refractivity contribution in [1.82, 2.24) is 14.7 Å². The maximum atomic E-state index is 12.8. The number of piperidine rings is 1. The predicted molar refractivity (Wildman–Crippen MR) is 108 cm³/mol. The molecule has 1 N–H and O–H groups in total. The van der Waals surface area contributed by atoms with Crippen LogP contribution in [0.25, 0.3) is 5.69 Å². The second kappa shape index (κ2) is 7.30. The van der Waals surface area contributed by atoms with Gasteiger partial charge >= 0.3 is 0 Å². The molecule has 7 heteroatoms. The van der Waals surface area contributed by atoms with E-state index in [2.05, 4.69) is 10.4 Å². The van der Waals surface area contributed by atoms with E-state index in [4.69, 9.17) is 4.74 Å². The molecule has 3 heterocycles. The molecule has 29 heavy (non-hydrogen) atoms. The summed E-state index contributed by atoms with van der Waals surface area (Å²) in [7, 11) is 0. The fraction of sp³-hybridized carbons (Fsp3) is 0.500. The van der Waals surface area contributed by atoms with Gasteiger partial charge in [-0.3, -0.25) is 9.59 Å². The lowest BCUT2D eigenvalue weighted by atomic mass is 9.90. The Morgan fingerprint density at radius 3 is 2.62 bits per heavy atom. The Morgan fingerprint density at radius 1 is 1.17 bits per heavy atom. The minimum Gasteiger partial charge on any atom is -0.368 e. The van der Waals surface area contributed by atoms with E-state index < -0.39 is 0 Å². The van der Waals surface area contributed by atoms with Gasteiger partial charge in [0.25, 0.3) is 5.91 Å². The summed E-state index contributed by atoms with van der Waals surface area (Å²) in [4.78, 5) is 27.2. The molecule has 2 saturated heterocycles. The standard InChI is InChI=1S/C22H26N4O3/c27-20(24-16-4-6-17(7-5-16)26-11-2-10-23-26)18-15-22(18)8-12-25(13-9-22)21(28)19-3-1-14-29-19/h2,4-7,10-11,18-19H,1,3,8-9,12-15H2,(H,24,27). The molecular formula is C22H26N4O3. The Balaban J connectivity index is 1.14. The first-order valence-corrected chi connectivity index (χ1v) is 10.5. The van der Waals surface area contributed by atoms with Gasteiger partial charge in [0.2, 0.25) is 5.91 Å². The first-order chi connectivity index (χ1) is 14.1. The van der Waals surface area contributed by atoms with Crippen molar-refractivity contribution >= 4 is 17.5 Å². The van der Waals surface area contributed by atoms with Gasteiger partial charge in [-0.15, -0.1) is 0 Å². The van der Waals surface area contributed by atoms with E-state index in [0.717, 1.165) is 56.6 Å². The zero-order chi connectivity index (χ0) is 19.8. The number of ether oxygens (including phenoxy) is 1. The second-order valence-corrected chi connectivity index (χ2v) is 8.43.